The van der Waals surface area contributed by atoms with Crippen LogP contribution in [0.2, 0.25) is 0 Å². The van der Waals surface area contributed by atoms with Crippen molar-refractivity contribution in [1.29, 1.82) is 0 Å². The van der Waals surface area contributed by atoms with Gasteiger partial charge >= 0.3 is 0 Å². The molecule has 2 amide bonds. The number of hydrogen-bond acceptors (Lipinski definition) is 5. The molecule has 3 rings (SSSR count). The van der Waals surface area contributed by atoms with Crippen LogP contribution in [-0.4, -0.2) is 57.4 Å². The Morgan fingerprint density at radius 3 is 2.25 bits per heavy atom. The van der Waals surface area contributed by atoms with Crippen molar-refractivity contribution in [1.82, 2.24) is 10.2 Å². The van der Waals surface area contributed by atoms with Crippen molar-refractivity contribution in [3.63, 3.8) is 0 Å². The van der Waals surface area contributed by atoms with E-state index < -0.39 is 28.5 Å². The predicted molar refractivity (Wildman–Crippen MR) is 158 cm³/mol. The molecule has 8 nitrogen and oxygen atoms in total. The molecule has 2 atom stereocenters. The first-order chi connectivity index (χ1) is 19.1. The zero-order valence-electron chi connectivity index (χ0n) is 23.8. The molecule has 214 valence electrons. The summed E-state index contributed by atoms with van der Waals surface area (Å²) in [7, 11) is -2.64. The fourth-order valence-corrected chi connectivity index (χ4v) is 5.57. The molecule has 0 saturated carbocycles. The summed E-state index contributed by atoms with van der Waals surface area (Å²) in [6, 6.07) is 21.8. The van der Waals surface area contributed by atoms with Crippen LogP contribution in [0.15, 0.2) is 83.8 Å². The quantitative estimate of drug-likeness (QED) is 0.328. The molecule has 0 saturated heterocycles. The molecule has 0 unspecified atom stereocenters. The molecule has 0 aromatic heterocycles. The Morgan fingerprint density at radius 2 is 1.62 bits per heavy atom. The lowest BCUT2D eigenvalue weighted by Crippen LogP contribution is -2.53. The van der Waals surface area contributed by atoms with Gasteiger partial charge in [-0.2, -0.15) is 0 Å². The second-order valence-corrected chi connectivity index (χ2v) is 11.7. The lowest BCUT2D eigenvalue weighted by Gasteiger charge is -2.32. The van der Waals surface area contributed by atoms with Gasteiger partial charge in [-0.05, 0) is 63.4 Å². The van der Waals surface area contributed by atoms with Gasteiger partial charge in [-0.25, -0.2) is 8.42 Å². The molecule has 0 bridgehead atoms. The normalized spacial score (nSPS) is 12.7. The van der Waals surface area contributed by atoms with E-state index >= 15 is 0 Å². The van der Waals surface area contributed by atoms with Gasteiger partial charge in [0.15, 0.2) is 0 Å². The first kappa shape index (κ1) is 30.7. The fraction of sp³-hybridized carbons (Fsp3) is 0.355. The smallest absolute Gasteiger partial charge is 0.264 e. The average molecular weight is 566 g/mol. The summed E-state index contributed by atoms with van der Waals surface area (Å²) in [4.78, 5) is 28.6. The molecule has 0 radical (unpaired) electrons. The van der Waals surface area contributed by atoms with E-state index in [0.717, 1.165) is 21.9 Å². The Morgan fingerprint density at radius 1 is 0.950 bits per heavy atom. The van der Waals surface area contributed by atoms with E-state index in [1.54, 1.807) is 43.3 Å². The largest absolute Gasteiger partial charge is 0.497 e. The van der Waals surface area contributed by atoms with Crippen molar-refractivity contribution in [3.8, 4) is 5.75 Å². The van der Waals surface area contributed by atoms with Gasteiger partial charge in [-0.3, -0.25) is 13.9 Å². The minimum Gasteiger partial charge on any atom is -0.497 e. The summed E-state index contributed by atoms with van der Waals surface area (Å²) >= 11 is 0. The van der Waals surface area contributed by atoms with Crippen molar-refractivity contribution in [2.24, 2.45) is 0 Å². The zero-order chi connectivity index (χ0) is 29.3. The maximum absolute atomic E-state index is 13.9. The number of aryl methyl sites for hydroxylation is 1. The Balaban J connectivity index is 1.99. The topological polar surface area (TPSA) is 96.0 Å². The summed E-state index contributed by atoms with van der Waals surface area (Å²) < 4.78 is 34.2. The summed E-state index contributed by atoms with van der Waals surface area (Å²) in [5, 5.41) is 2.94. The summed E-state index contributed by atoms with van der Waals surface area (Å²) in [5.41, 5.74) is 2.20. The Hall–Kier alpha value is -3.85. The number of rotatable bonds is 13. The van der Waals surface area contributed by atoms with Gasteiger partial charge in [0.05, 0.1) is 17.7 Å². The summed E-state index contributed by atoms with van der Waals surface area (Å²) in [6.45, 7) is 7.17. The van der Waals surface area contributed by atoms with E-state index in [9.17, 15) is 18.0 Å². The highest BCUT2D eigenvalue weighted by Gasteiger charge is 2.32. The van der Waals surface area contributed by atoms with E-state index in [2.05, 4.69) is 5.32 Å². The molecule has 0 aliphatic carbocycles. The maximum Gasteiger partial charge on any atom is 0.264 e. The molecule has 3 aromatic rings. The molecule has 0 spiro atoms. The van der Waals surface area contributed by atoms with Crippen molar-refractivity contribution >= 4 is 27.5 Å². The van der Waals surface area contributed by atoms with Gasteiger partial charge < -0.3 is 15.0 Å². The highest BCUT2D eigenvalue weighted by molar-refractivity contribution is 7.92. The van der Waals surface area contributed by atoms with Crippen LogP contribution in [0.25, 0.3) is 0 Å². The zero-order valence-corrected chi connectivity index (χ0v) is 24.6. The van der Waals surface area contributed by atoms with Crippen molar-refractivity contribution in [3.05, 3.63) is 90.0 Å². The van der Waals surface area contributed by atoms with Gasteiger partial charge in [0, 0.05) is 18.7 Å². The van der Waals surface area contributed by atoms with Crippen molar-refractivity contribution in [2.75, 3.05) is 24.5 Å². The molecule has 0 heterocycles. The van der Waals surface area contributed by atoms with Crippen LogP contribution in [0, 0.1) is 6.92 Å². The molecule has 3 aromatic carbocycles. The molecule has 1 N–H and O–H groups in total. The maximum atomic E-state index is 13.9. The standard InChI is InChI=1S/C31H39N3O5S/c1-6-24(3)32-31(36)25(4)33(20-19-26-11-8-7-9-12-26)30(35)22-34(27-13-10-14-28(21-27)39-5)40(37,38)29-17-15-23(2)16-18-29/h7-18,21,24-25H,6,19-20,22H2,1-5H3,(H,32,36)/t24-,25+/m1/s1. The van der Waals surface area contributed by atoms with Gasteiger partial charge in [-0.1, -0.05) is 61.0 Å². The summed E-state index contributed by atoms with van der Waals surface area (Å²) in [5.74, 6) is -0.317. The number of carbonyl (C=O) groups is 2. The number of carbonyl (C=O) groups excluding carboxylic acids is 2. The van der Waals surface area contributed by atoms with Crippen LogP contribution in [0.5, 0.6) is 5.75 Å². The molecule has 0 aliphatic rings. The predicted octanol–water partition coefficient (Wildman–Crippen LogP) is 4.57. The van der Waals surface area contributed by atoms with Gasteiger partial charge in [0.2, 0.25) is 11.8 Å². The van der Waals surface area contributed by atoms with E-state index in [1.165, 1.54) is 24.1 Å². The minimum atomic E-state index is -4.13. The van der Waals surface area contributed by atoms with Crippen molar-refractivity contribution in [2.45, 2.75) is 57.5 Å². The van der Waals surface area contributed by atoms with Crippen molar-refractivity contribution < 1.29 is 22.7 Å². The third kappa shape index (κ3) is 7.85. The lowest BCUT2D eigenvalue weighted by molar-refractivity contribution is -0.139. The van der Waals surface area contributed by atoms with Gasteiger partial charge in [-0.15, -0.1) is 0 Å². The number of ether oxygens (including phenoxy) is 1. The van der Waals surface area contributed by atoms with Crippen LogP contribution in [0.3, 0.4) is 0 Å². The monoisotopic (exact) mass is 565 g/mol. The third-order valence-corrected chi connectivity index (χ3v) is 8.67. The van der Waals surface area contributed by atoms with Crippen LogP contribution in [-0.2, 0) is 26.0 Å². The molecule has 0 fully saturated rings. The molecular weight excluding hydrogens is 526 g/mol. The van der Waals surface area contributed by atoms with E-state index in [1.807, 2.05) is 51.1 Å². The van der Waals surface area contributed by atoms with Crippen LogP contribution in [0.1, 0.15) is 38.3 Å². The number of amides is 2. The Kier molecular flexibility index (Phi) is 10.7. The fourth-order valence-electron chi connectivity index (χ4n) is 4.17. The Bertz CT molecular complexity index is 1380. The second kappa shape index (κ2) is 14.0. The number of benzene rings is 3. The Labute approximate surface area is 238 Å². The number of methoxy groups -OCH3 is 1. The molecule has 9 heteroatoms. The number of sulfonamides is 1. The highest BCUT2D eigenvalue weighted by Crippen LogP contribution is 2.27. The first-order valence-electron chi connectivity index (χ1n) is 13.4. The first-order valence-corrected chi connectivity index (χ1v) is 14.9. The van der Waals surface area contributed by atoms with Gasteiger partial charge in [0.25, 0.3) is 10.0 Å². The van der Waals surface area contributed by atoms with E-state index in [0.29, 0.717) is 12.2 Å². The number of nitrogens with one attached hydrogen (secondary N) is 1. The average Bonchev–Trinajstić information content (AvgIpc) is 2.96. The molecule has 40 heavy (non-hydrogen) atoms. The summed E-state index contributed by atoms with van der Waals surface area (Å²) in [6.07, 6.45) is 1.26. The van der Waals surface area contributed by atoms with Crippen LogP contribution in [0.4, 0.5) is 5.69 Å². The molecule has 0 aliphatic heterocycles. The van der Waals surface area contributed by atoms with Gasteiger partial charge in [0.1, 0.15) is 18.3 Å². The number of anilines is 1. The second-order valence-electron chi connectivity index (χ2n) is 9.84. The van der Waals surface area contributed by atoms with E-state index in [4.69, 9.17) is 4.74 Å². The van der Waals surface area contributed by atoms with Crippen LogP contribution >= 0.6 is 0 Å². The highest BCUT2D eigenvalue weighted by atomic mass is 32.2. The number of hydrogen-bond donors (Lipinski definition) is 1. The minimum absolute atomic E-state index is 0.0591. The van der Waals surface area contributed by atoms with E-state index in [-0.39, 0.29) is 29.1 Å². The van der Waals surface area contributed by atoms with Crippen LogP contribution < -0.4 is 14.4 Å². The number of nitrogens with zero attached hydrogens (tertiary/aromatic N) is 2. The SMILES string of the molecule is CC[C@@H](C)NC(=O)[C@H](C)N(CCc1ccccc1)C(=O)CN(c1cccc(OC)c1)S(=O)(=O)c1ccc(C)cc1. The lowest BCUT2D eigenvalue weighted by atomic mass is 10.1. The third-order valence-electron chi connectivity index (χ3n) is 6.88. The molecular formula is C31H39N3O5S.